The van der Waals surface area contributed by atoms with Gasteiger partial charge >= 0.3 is 0 Å². The standard InChI is InChI=1S/C27H24ClN3O2/c1-19-6-4-7-20(14-19)12-13-26(32)22-8-5-9-23(16-22)31-18-21(17-29-31)15-27(33)30-25-11-3-2-10-24(25)28/h2-11,14,16-18H,12-13,15H2,1H3,(H,30,33). The van der Waals surface area contributed by atoms with E-state index >= 15 is 0 Å². The number of para-hydroxylation sites is 1. The molecule has 0 saturated heterocycles. The van der Waals surface area contributed by atoms with Crippen LogP contribution in [-0.2, 0) is 17.6 Å². The average molecular weight is 458 g/mol. The largest absolute Gasteiger partial charge is 0.324 e. The number of carbonyl (C=O) groups excluding carboxylic acids is 2. The maximum Gasteiger partial charge on any atom is 0.228 e. The Balaban J connectivity index is 1.40. The van der Waals surface area contributed by atoms with Gasteiger partial charge in [-0.3, -0.25) is 9.59 Å². The summed E-state index contributed by atoms with van der Waals surface area (Å²) in [5.41, 5.74) is 5.11. The van der Waals surface area contributed by atoms with Crippen LogP contribution in [0.5, 0.6) is 0 Å². The Morgan fingerprint density at radius 2 is 1.79 bits per heavy atom. The second-order valence-corrected chi connectivity index (χ2v) is 8.37. The van der Waals surface area contributed by atoms with Crippen LogP contribution in [0.4, 0.5) is 5.69 Å². The van der Waals surface area contributed by atoms with E-state index in [2.05, 4.69) is 16.5 Å². The molecule has 33 heavy (non-hydrogen) atoms. The molecule has 4 aromatic rings. The molecule has 0 fully saturated rings. The van der Waals surface area contributed by atoms with Gasteiger partial charge in [-0.1, -0.05) is 65.7 Å². The number of benzene rings is 3. The first-order valence-electron chi connectivity index (χ1n) is 10.7. The van der Waals surface area contributed by atoms with Crippen molar-refractivity contribution >= 4 is 29.0 Å². The van der Waals surface area contributed by atoms with Crippen LogP contribution in [0.25, 0.3) is 5.69 Å². The highest BCUT2D eigenvalue weighted by Gasteiger charge is 2.11. The molecule has 166 valence electrons. The van der Waals surface area contributed by atoms with E-state index in [1.54, 1.807) is 29.2 Å². The molecule has 0 bridgehead atoms. The fourth-order valence-electron chi connectivity index (χ4n) is 3.63. The first kappa shape index (κ1) is 22.5. The third-order valence-electron chi connectivity index (χ3n) is 5.30. The van der Waals surface area contributed by atoms with Crippen LogP contribution in [0.15, 0.2) is 85.2 Å². The van der Waals surface area contributed by atoms with Crippen molar-refractivity contribution < 1.29 is 9.59 Å². The lowest BCUT2D eigenvalue weighted by atomic mass is 10.0. The third-order valence-corrected chi connectivity index (χ3v) is 5.63. The molecule has 1 amide bonds. The van der Waals surface area contributed by atoms with E-state index in [0.717, 1.165) is 16.8 Å². The quantitative estimate of drug-likeness (QED) is 0.338. The van der Waals surface area contributed by atoms with Crippen LogP contribution < -0.4 is 5.32 Å². The topological polar surface area (TPSA) is 64.0 Å². The Bertz CT molecular complexity index is 1300. The van der Waals surface area contributed by atoms with Crippen molar-refractivity contribution in [3.8, 4) is 5.69 Å². The SMILES string of the molecule is Cc1cccc(CCC(=O)c2cccc(-n3cc(CC(=O)Nc4ccccc4Cl)cn3)c2)c1. The number of amides is 1. The van der Waals surface area contributed by atoms with Crippen molar-refractivity contribution in [1.82, 2.24) is 9.78 Å². The van der Waals surface area contributed by atoms with Crippen molar-refractivity contribution in [2.45, 2.75) is 26.2 Å². The Morgan fingerprint density at radius 1 is 0.970 bits per heavy atom. The number of halogens is 1. The molecule has 1 heterocycles. The van der Waals surface area contributed by atoms with Gasteiger partial charge in [0.25, 0.3) is 0 Å². The van der Waals surface area contributed by atoms with Crippen LogP contribution >= 0.6 is 11.6 Å². The number of carbonyl (C=O) groups is 2. The summed E-state index contributed by atoms with van der Waals surface area (Å²) in [5, 5.41) is 7.67. The van der Waals surface area contributed by atoms with Crippen LogP contribution in [0.1, 0.15) is 33.5 Å². The summed E-state index contributed by atoms with van der Waals surface area (Å²) in [6.45, 7) is 2.05. The number of Topliss-reactive ketones (excluding diaryl/α,β-unsaturated/α-hetero) is 1. The molecule has 1 N–H and O–H groups in total. The molecule has 0 aliphatic carbocycles. The average Bonchev–Trinajstić information content (AvgIpc) is 3.27. The van der Waals surface area contributed by atoms with Gasteiger partial charge in [0.15, 0.2) is 5.78 Å². The van der Waals surface area contributed by atoms with E-state index in [-0.39, 0.29) is 18.1 Å². The highest BCUT2D eigenvalue weighted by molar-refractivity contribution is 6.33. The molecule has 1 aromatic heterocycles. The van der Waals surface area contributed by atoms with Crippen molar-refractivity contribution in [2.24, 2.45) is 0 Å². The fraction of sp³-hybridized carbons (Fsp3) is 0.148. The molecule has 6 heteroatoms. The number of aryl methyl sites for hydroxylation is 2. The zero-order valence-corrected chi connectivity index (χ0v) is 19.0. The van der Waals surface area contributed by atoms with Crippen molar-refractivity contribution in [2.75, 3.05) is 5.32 Å². The fourth-order valence-corrected chi connectivity index (χ4v) is 3.81. The minimum atomic E-state index is -0.178. The maximum absolute atomic E-state index is 12.7. The predicted octanol–water partition coefficient (Wildman–Crippen LogP) is 5.83. The van der Waals surface area contributed by atoms with Crippen molar-refractivity contribution in [3.63, 3.8) is 0 Å². The van der Waals surface area contributed by atoms with Crippen molar-refractivity contribution in [3.05, 3.63) is 112 Å². The zero-order chi connectivity index (χ0) is 23.2. The van der Waals surface area contributed by atoms with Gasteiger partial charge in [0.1, 0.15) is 0 Å². The summed E-state index contributed by atoms with van der Waals surface area (Å²) < 4.78 is 1.68. The number of aromatic nitrogens is 2. The summed E-state index contributed by atoms with van der Waals surface area (Å²) in [6, 6.07) is 22.7. The lowest BCUT2D eigenvalue weighted by Crippen LogP contribution is -2.14. The molecule has 0 spiro atoms. The van der Waals surface area contributed by atoms with E-state index in [9.17, 15) is 9.59 Å². The van der Waals surface area contributed by atoms with E-state index in [0.29, 0.717) is 29.1 Å². The number of nitrogens with zero attached hydrogens (tertiary/aromatic N) is 2. The molecular weight excluding hydrogens is 434 g/mol. The van der Waals surface area contributed by atoms with E-state index in [1.165, 1.54) is 5.56 Å². The molecule has 4 rings (SSSR count). The lowest BCUT2D eigenvalue weighted by molar-refractivity contribution is -0.115. The Labute approximate surface area is 198 Å². The summed E-state index contributed by atoms with van der Waals surface area (Å²) in [6.07, 6.45) is 4.76. The second kappa shape index (κ2) is 10.3. The number of anilines is 1. The molecule has 0 radical (unpaired) electrons. The first-order chi connectivity index (χ1) is 16.0. The van der Waals surface area contributed by atoms with E-state index < -0.39 is 0 Å². The molecule has 0 unspecified atom stereocenters. The van der Waals surface area contributed by atoms with Gasteiger partial charge in [-0.2, -0.15) is 5.10 Å². The molecule has 0 saturated carbocycles. The first-order valence-corrected chi connectivity index (χ1v) is 11.1. The van der Waals surface area contributed by atoms with Gasteiger partial charge in [-0.15, -0.1) is 0 Å². The van der Waals surface area contributed by atoms with Gasteiger partial charge in [0, 0.05) is 18.2 Å². The molecular formula is C27H24ClN3O2. The highest BCUT2D eigenvalue weighted by Crippen LogP contribution is 2.21. The van der Waals surface area contributed by atoms with Crippen LogP contribution in [-0.4, -0.2) is 21.5 Å². The van der Waals surface area contributed by atoms with Crippen LogP contribution in [0.3, 0.4) is 0 Å². The minimum absolute atomic E-state index is 0.0878. The number of rotatable bonds is 8. The Kier molecular flexibility index (Phi) is 7.01. The lowest BCUT2D eigenvalue weighted by Gasteiger charge is -2.06. The summed E-state index contributed by atoms with van der Waals surface area (Å²) in [5.74, 6) is -0.0902. The molecule has 5 nitrogen and oxygen atoms in total. The highest BCUT2D eigenvalue weighted by atomic mass is 35.5. The van der Waals surface area contributed by atoms with Gasteiger partial charge in [-0.25, -0.2) is 4.68 Å². The monoisotopic (exact) mass is 457 g/mol. The van der Waals surface area contributed by atoms with Crippen LogP contribution in [0.2, 0.25) is 5.02 Å². The van der Waals surface area contributed by atoms with Gasteiger partial charge in [-0.05, 0) is 48.7 Å². The molecule has 0 aliphatic heterocycles. The van der Waals surface area contributed by atoms with Gasteiger partial charge < -0.3 is 5.32 Å². The second-order valence-electron chi connectivity index (χ2n) is 7.96. The number of hydrogen-bond acceptors (Lipinski definition) is 3. The number of hydrogen-bond donors (Lipinski definition) is 1. The van der Waals surface area contributed by atoms with E-state index in [1.807, 2.05) is 61.5 Å². The molecule has 0 atom stereocenters. The van der Waals surface area contributed by atoms with E-state index in [4.69, 9.17) is 11.6 Å². The van der Waals surface area contributed by atoms with Gasteiger partial charge in [0.2, 0.25) is 5.91 Å². The Morgan fingerprint density at radius 3 is 2.61 bits per heavy atom. The molecule has 0 aliphatic rings. The van der Waals surface area contributed by atoms with Crippen molar-refractivity contribution in [1.29, 1.82) is 0 Å². The van der Waals surface area contributed by atoms with Gasteiger partial charge in [0.05, 0.1) is 29.0 Å². The third kappa shape index (κ3) is 5.96. The number of nitrogens with one attached hydrogen (secondary N) is 1. The smallest absolute Gasteiger partial charge is 0.228 e. The predicted molar refractivity (Wildman–Crippen MR) is 131 cm³/mol. The normalized spacial score (nSPS) is 10.7. The van der Waals surface area contributed by atoms with Crippen LogP contribution in [0, 0.1) is 6.92 Å². The minimum Gasteiger partial charge on any atom is -0.324 e. The Hall–Kier alpha value is -3.70. The molecule has 3 aromatic carbocycles. The summed E-state index contributed by atoms with van der Waals surface area (Å²) >= 11 is 6.10. The summed E-state index contributed by atoms with van der Waals surface area (Å²) in [7, 11) is 0. The zero-order valence-electron chi connectivity index (χ0n) is 18.3. The number of ketones is 1. The maximum atomic E-state index is 12.7. The summed E-state index contributed by atoms with van der Waals surface area (Å²) in [4.78, 5) is 25.1.